The summed E-state index contributed by atoms with van der Waals surface area (Å²) < 4.78 is 42.6. The van der Waals surface area contributed by atoms with E-state index in [4.69, 9.17) is 19.3 Å². The van der Waals surface area contributed by atoms with Crippen LogP contribution in [0.5, 0.6) is 5.75 Å². The van der Waals surface area contributed by atoms with E-state index in [9.17, 15) is 18.4 Å². The molecular weight excluding hydrogens is 424 g/mol. The minimum Gasteiger partial charge on any atom is -0.491 e. The van der Waals surface area contributed by atoms with E-state index in [1.165, 1.54) is 0 Å². The molecule has 0 aliphatic carbocycles. The van der Waals surface area contributed by atoms with Crippen molar-refractivity contribution in [1.82, 2.24) is 0 Å². The average Bonchev–Trinajstić information content (AvgIpc) is 2.77. The lowest BCUT2D eigenvalue weighted by molar-refractivity contribution is -0.138. The van der Waals surface area contributed by atoms with Crippen LogP contribution in [0.1, 0.15) is 31.9 Å². The molecule has 0 spiro atoms. The van der Waals surface area contributed by atoms with Gasteiger partial charge in [-0.25, -0.2) is 18.4 Å². The zero-order chi connectivity index (χ0) is 23.5. The van der Waals surface area contributed by atoms with Crippen molar-refractivity contribution in [2.75, 3.05) is 25.1 Å². The number of rotatable bonds is 10. The van der Waals surface area contributed by atoms with Gasteiger partial charge in [0.2, 0.25) is 0 Å². The van der Waals surface area contributed by atoms with Crippen molar-refractivity contribution in [3.8, 4) is 5.75 Å². The molecule has 0 fully saturated rings. The molecular formula is C23H25F2NO6. The smallest absolute Gasteiger partial charge is 0.412 e. The van der Waals surface area contributed by atoms with Crippen LogP contribution in [-0.2, 0) is 14.3 Å². The maximum Gasteiger partial charge on any atom is 0.412 e. The number of amides is 1. The molecule has 0 saturated carbocycles. The van der Waals surface area contributed by atoms with Crippen LogP contribution in [-0.4, -0.2) is 37.0 Å². The van der Waals surface area contributed by atoms with E-state index in [2.05, 4.69) is 5.32 Å². The molecule has 0 radical (unpaired) electrons. The lowest BCUT2D eigenvalue weighted by Crippen LogP contribution is -2.18. The summed E-state index contributed by atoms with van der Waals surface area (Å²) in [7, 11) is 0. The summed E-state index contributed by atoms with van der Waals surface area (Å²) in [6.45, 7) is 3.49. The Kier molecular flexibility index (Phi) is 9.62. The molecule has 7 nitrogen and oxygen atoms in total. The molecule has 9 heteroatoms. The number of hydrogen-bond acceptors (Lipinski definition) is 6. The first-order valence-electron chi connectivity index (χ1n) is 9.94. The molecule has 1 atom stereocenters. The zero-order valence-electron chi connectivity index (χ0n) is 17.8. The number of ether oxygens (including phenoxy) is 3. The number of aliphatic hydroxyl groups excluding tert-OH is 1. The van der Waals surface area contributed by atoms with Gasteiger partial charge < -0.3 is 19.3 Å². The number of carbonyl (C=O) groups excluding carboxylic acids is 2. The van der Waals surface area contributed by atoms with Gasteiger partial charge in [0, 0.05) is 18.1 Å². The van der Waals surface area contributed by atoms with Gasteiger partial charge in [-0.2, -0.15) is 0 Å². The number of anilines is 1. The summed E-state index contributed by atoms with van der Waals surface area (Å²) in [4.78, 5) is 24.2. The Morgan fingerprint density at radius 2 is 1.88 bits per heavy atom. The second-order valence-electron chi connectivity index (χ2n) is 6.63. The second kappa shape index (κ2) is 12.4. The number of halogens is 2. The Hall–Kier alpha value is -3.46. The van der Waals surface area contributed by atoms with Gasteiger partial charge in [0.25, 0.3) is 0 Å². The van der Waals surface area contributed by atoms with Crippen LogP contribution in [0.25, 0.3) is 0 Å². The van der Waals surface area contributed by atoms with Crippen molar-refractivity contribution in [3.05, 3.63) is 71.3 Å². The molecule has 2 aromatic carbocycles. The molecule has 32 heavy (non-hydrogen) atoms. The number of aliphatic hydroxyl groups is 1. The monoisotopic (exact) mass is 449 g/mol. The van der Waals surface area contributed by atoms with E-state index in [0.717, 1.165) is 12.1 Å². The molecule has 0 unspecified atom stereocenters. The second-order valence-corrected chi connectivity index (χ2v) is 6.63. The van der Waals surface area contributed by atoms with Crippen molar-refractivity contribution in [3.63, 3.8) is 0 Å². The predicted octanol–water partition coefficient (Wildman–Crippen LogP) is 4.53. The Bertz CT molecular complexity index is 946. The molecule has 0 aromatic heterocycles. The standard InChI is InChI=1S/C23H25F2NO6/c1-3-30-22(28)15(2)4-11-21(16-5-8-18(9-6-16)31-13-12-27)32-23(29)26-20-10-7-17(24)14-19(20)25/h4-10,14,21,27H,3,11-13H2,1-2H3,(H,26,29)/b15-4+/t21-/m0/s1. The largest absolute Gasteiger partial charge is 0.491 e. The topological polar surface area (TPSA) is 94.1 Å². The number of esters is 1. The molecule has 172 valence electrons. The van der Waals surface area contributed by atoms with Crippen LogP contribution < -0.4 is 10.1 Å². The first-order valence-corrected chi connectivity index (χ1v) is 9.94. The van der Waals surface area contributed by atoms with Gasteiger partial charge in [0.15, 0.2) is 0 Å². The third-order valence-corrected chi connectivity index (χ3v) is 4.26. The SMILES string of the molecule is CCOC(=O)/C(C)=C/C[C@H](OC(=O)Nc1ccc(F)cc1F)c1ccc(OCCO)cc1. The van der Waals surface area contributed by atoms with Gasteiger partial charge in [-0.05, 0) is 43.7 Å². The zero-order valence-corrected chi connectivity index (χ0v) is 17.8. The number of nitrogens with one attached hydrogen (secondary N) is 1. The van der Waals surface area contributed by atoms with Crippen LogP contribution in [0.3, 0.4) is 0 Å². The molecule has 2 N–H and O–H groups in total. The summed E-state index contributed by atoms with van der Waals surface area (Å²) in [6.07, 6.45) is -0.0659. The lowest BCUT2D eigenvalue weighted by atomic mass is 10.0. The normalized spacial score (nSPS) is 12.1. The maximum atomic E-state index is 13.8. The Balaban J connectivity index is 2.17. The van der Waals surface area contributed by atoms with Crippen LogP contribution in [0.4, 0.5) is 19.3 Å². The minimum absolute atomic E-state index is 0.131. The minimum atomic E-state index is -0.955. The Morgan fingerprint density at radius 1 is 1.16 bits per heavy atom. The highest BCUT2D eigenvalue weighted by atomic mass is 19.1. The van der Waals surface area contributed by atoms with E-state index >= 15 is 0 Å². The average molecular weight is 449 g/mol. The van der Waals surface area contributed by atoms with Gasteiger partial charge in [-0.1, -0.05) is 18.2 Å². The lowest BCUT2D eigenvalue weighted by Gasteiger charge is -2.18. The van der Waals surface area contributed by atoms with Crippen molar-refractivity contribution in [2.24, 2.45) is 0 Å². The van der Waals surface area contributed by atoms with Crippen molar-refractivity contribution >= 4 is 17.7 Å². The fourth-order valence-electron chi connectivity index (χ4n) is 2.67. The maximum absolute atomic E-state index is 13.8. The van der Waals surface area contributed by atoms with E-state index in [0.29, 0.717) is 23.0 Å². The predicted molar refractivity (Wildman–Crippen MR) is 113 cm³/mol. The molecule has 2 rings (SSSR count). The highest BCUT2D eigenvalue weighted by Crippen LogP contribution is 2.26. The first kappa shape index (κ1) is 24.8. The fraction of sp³-hybridized carbons (Fsp3) is 0.304. The van der Waals surface area contributed by atoms with E-state index in [1.54, 1.807) is 44.2 Å². The summed E-state index contributed by atoms with van der Waals surface area (Å²) in [5, 5.41) is 11.1. The molecule has 0 bridgehead atoms. The quantitative estimate of drug-likeness (QED) is 0.409. The van der Waals surface area contributed by atoms with E-state index in [-0.39, 0.29) is 31.9 Å². The van der Waals surface area contributed by atoms with Crippen molar-refractivity contribution in [2.45, 2.75) is 26.4 Å². The van der Waals surface area contributed by atoms with Crippen LogP contribution in [0.2, 0.25) is 0 Å². The molecule has 0 aliphatic rings. The highest BCUT2D eigenvalue weighted by Gasteiger charge is 2.18. The Labute approximate surface area is 184 Å². The molecule has 0 heterocycles. The van der Waals surface area contributed by atoms with Crippen molar-refractivity contribution < 1.29 is 37.7 Å². The summed E-state index contributed by atoms with van der Waals surface area (Å²) >= 11 is 0. The van der Waals surface area contributed by atoms with Gasteiger partial charge in [0.05, 0.1) is 18.9 Å². The van der Waals surface area contributed by atoms with Gasteiger partial charge in [-0.3, -0.25) is 5.32 Å². The van der Waals surface area contributed by atoms with Gasteiger partial charge in [-0.15, -0.1) is 0 Å². The van der Waals surface area contributed by atoms with Crippen LogP contribution >= 0.6 is 0 Å². The first-order chi connectivity index (χ1) is 15.3. The van der Waals surface area contributed by atoms with Crippen LogP contribution in [0, 0.1) is 11.6 Å². The molecule has 0 saturated heterocycles. The Morgan fingerprint density at radius 3 is 2.50 bits per heavy atom. The third kappa shape index (κ3) is 7.66. The summed E-state index contributed by atoms with van der Waals surface area (Å²) in [5.74, 6) is -1.70. The molecule has 0 aliphatic heterocycles. The number of carbonyl (C=O) groups is 2. The third-order valence-electron chi connectivity index (χ3n) is 4.26. The highest BCUT2D eigenvalue weighted by molar-refractivity contribution is 5.87. The molecule has 2 aromatic rings. The number of benzene rings is 2. The van der Waals surface area contributed by atoms with Gasteiger partial charge in [0.1, 0.15) is 30.1 Å². The van der Waals surface area contributed by atoms with Crippen LogP contribution in [0.15, 0.2) is 54.1 Å². The van der Waals surface area contributed by atoms with E-state index < -0.39 is 29.8 Å². The number of hydrogen-bond donors (Lipinski definition) is 2. The van der Waals surface area contributed by atoms with Gasteiger partial charge >= 0.3 is 12.1 Å². The van der Waals surface area contributed by atoms with Crippen molar-refractivity contribution in [1.29, 1.82) is 0 Å². The molecule has 1 amide bonds. The summed E-state index contributed by atoms with van der Waals surface area (Å²) in [6, 6.07) is 9.34. The summed E-state index contributed by atoms with van der Waals surface area (Å²) in [5.41, 5.74) is 0.693. The van der Waals surface area contributed by atoms with E-state index in [1.807, 2.05) is 0 Å². The fourth-order valence-corrected chi connectivity index (χ4v) is 2.67.